The first-order chi connectivity index (χ1) is 4.26. The minimum atomic E-state index is 0.317. The second kappa shape index (κ2) is 4.54. The van der Waals surface area contributed by atoms with Crippen LogP contribution in [0.2, 0.25) is 0 Å². The molecule has 2 N–H and O–H groups in total. The van der Waals surface area contributed by atoms with Crippen LogP contribution in [-0.4, -0.2) is 19.8 Å². The van der Waals surface area contributed by atoms with Crippen molar-refractivity contribution in [2.24, 2.45) is 10.3 Å². The van der Waals surface area contributed by atoms with Gasteiger partial charge in [-0.3, -0.25) is 0 Å². The summed E-state index contributed by atoms with van der Waals surface area (Å²) in [4.78, 5) is 0. The Labute approximate surface area is 66.4 Å². The number of halogens is 1. The zero-order valence-corrected chi connectivity index (χ0v) is 7.03. The predicted octanol–water partition coefficient (Wildman–Crippen LogP) is 1.45. The van der Waals surface area contributed by atoms with Gasteiger partial charge in [0.2, 0.25) is 0 Å². The molecule has 0 aliphatic carbocycles. The molecule has 9 heavy (non-hydrogen) atoms. The average molecular weight is 242 g/mol. The molecule has 0 aliphatic rings. The van der Waals surface area contributed by atoms with E-state index in [1.807, 2.05) is 0 Å². The van der Waals surface area contributed by atoms with Crippen molar-refractivity contribution in [2.45, 2.75) is 13.3 Å². The highest BCUT2D eigenvalue weighted by Crippen LogP contribution is 1.96. The van der Waals surface area contributed by atoms with Crippen LogP contribution < -0.4 is 0 Å². The van der Waals surface area contributed by atoms with Crippen LogP contribution in [0.3, 0.4) is 0 Å². The molecule has 0 rings (SSSR count). The van der Waals surface area contributed by atoms with E-state index >= 15 is 0 Å². The van der Waals surface area contributed by atoms with Gasteiger partial charge < -0.3 is 10.4 Å². The molecule has 0 aromatic rings. The van der Waals surface area contributed by atoms with Crippen molar-refractivity contribution in [3.63, 3.8) is 0 Å². The zero-order chi connectivity index (χ0) is 7.28. The van der Waals surface area contributed by atoms with Gasteiger partial charge in [0.15, 0.2) is 3.72 Å². The maximum absolute atomic E-state index is 8.22. The highest BCUT2D eigenvalue weighted by Gasteiger charge is 2.01. The number of nitrogens with zero attached hydrogens (tertiary/aromatic N) is 2. The largest absolute Gasteiger partial charge is 0.411 e. The quantitative estimate of drug-likeness (QED) is 0.333. The number of hydrogen-bond acceptors (Lipinski definition) is 4. The monoisotopic (exact) mass is 242 g/mol. The van der Waals surface area contributed by atoms with Crippen molar-refractivity contribution in [1.29, 1.82) is 0 Å². The summed E-state index contributed by atoms with van der Waals surface area (Å²) >= 11 is 1.78. The minimum absolute atomic E-state index is 0.317. The van der Waals surface area contributed by atoms with Gasteiger partial charge in [-0.1, -0.05) is 17.2 Å². The van der Waals surface area contributed by atoms with Gasteiger partial charge in [0.25, 0.3) is 0 Å². The van der Waals surface area contributed by atoms with Crippen molar-refractivity contribution in [3.8, 4) is 0 Å². The molecule has 0 bridgehead atoms. The highest BCUT2D eigenvalue weighted by atomic mass is 127. The standard InChI is InChI=1S/C4H7IN2O2/c1-2-3(6-8)4(5)7-9/h8-9H,2H2,1H3/b6-3-,7-4+. The van der Waals surface area contributed by atoms with E-state index in [4.69, 9.17) is 10.4 Å². The molecule has 0 saturated carbocycles. The zero-order valence-electron chi connectivity index (χ0n) is 4.87. The van der Waals surface area contributed by atoms with E-state index in [9.17, 15) is 0 Å². The lowest BCUT2D eigenvalue weighted by atomic mass is 10.3. The SMILES string of the molecule is CCC(=N/O)/C(I)=N\O. The molecule has 5 heteroatoms. The summed E-state index contributed by atoms with van der Waals surface area (Å²) in [6.45, 7) is 1.80. The molecule has 0 heterocycles. The second-order valence-electron chi connectivity index (χ2n) is 1.29. The van der Waals surface area contributed by atoms with Crippen molar-refractivity contribution in [1.82, 2.24) is 0 Å². The van der Waals surface area contributed by atoms with E-state index in [0.29, 0.717) is 15.9 Å². The Morgan fingerprint density at radius 2 is 2.00 bits per heavy atom. The molecule has 0 unspecified atom stereocenters. The summed E-state index contributed by atoms with van der Waals surface area (Å²) < 4.78 is 0.317. The van der Waals surface area contributed by atoms with Crippen LogP contribution in [0.1, 0.15) is 13.3 Å². The van der Waals surface area contributed by atoms with Crippen LogP contribution in [-0.2, 0) is 0 Å². The van der Waals surface area contributed by atoms with Crippen molar-refractivity contribution >= 4 is 32.0 Å². The van der Waals surface area contributed by atoms with Gasteiger partial charge in [0.05, 0.1) is 0 Å². The van der Waals surface area contributed by atoms with Crippen molar-refractivity contribution in [3.05, 3.63) is 0 Å². The fourth-order valence-electron chi connectivity index (χ4n) is 0.316. The van der Waals surface area contributed by atoms with Gasteiger partial charge in [0.1, 0.15) is 5.71 Å². The Morgan fingerprint density at radius 1 is 1.44 bits per heavy atom. The third-order valence-corrected chi connectivity index (χ3v) is 1.62. The molecule has 0 aliphatic heterocycles. The fourth-order valence-corrected chi connectivity index (χ4v) is 0.805. The van der Waals surface area contributed by atoms with Gasteiger partial charge in [-0.2, -0.15) is 0 Å². The second-order valence-corrected chi connectivity index (χ2v) is 2.31. The summed E-state index contributed by atoms with van der Waals surface area (Å²) in [5.74, 6) is 0. The predicted molar refractivity (Wildman–Crippen MR) is 42.8 cm³/mol. The van der Waals surface area contributed by atoms with E-state index in [-0.39, 0.29) is 0 Å². The molecule has 0 fully saturated rings. The number of oxime groups is 2. The van der Waals surface area contributed by atoms with E-state index in [1.165, 1.54) is 0 Å². The van der Waals surface area contributed by atoms with Crippen LogP contribution in [0, 0.1) is 0 Å². The van der Waals surface area contributed by atoms with Crippen molar-refractivity contribution < 1.29 is 10.4 Å². The first-order valence-electron chi connectivity index (χ1n) is 2.35. The Morgan fingerprint density at radius 3 is 2.11 bits per heavy atom. The van der Waals surface area contributed by atoms with Crippen LogP contribution in [0.5, 0.6) is 0 Å². The Balaban J connectivity index is 4.14. The average Bonchev–Trinajstić information content (AvgIpc) is 1.90. The Bertz CT molecular complexity index is 144. The molecule has 0 aromatic carbocycles. The lowest BCUT2D eigenvalue weighted by Gasteiger charge is -1.92. The molecule has 52 valence electrons. The summed E-state index contributed by atoms with van der Waals surface area (Å²) in [5.41, 5.74) is 0.387. The molecular weight excluding hydrogens is 235 g/mol. The maximum Gasteiger partial charge on any atom is 0.165 e. The molecule has 0 amide bonds. The highest BCUT2D eigenvalue weighted by molar-refractivity contribution is 14.1. The van der Waals surface area contributed by atoms with Crippen molar-refractivity contribution in [2.75, 3.05) is 0 Å². The lowest BCUT2D eigenvalue weighted by Crippen LogP contribution is -2.04. The Hall–Kier alpha value is -0.330. The summed E-state index contributed by atoms with van der Waals surface area (Å²) in [6.07, 6.45) is 0.554. The summed E-state index contributed by atoms with van der Waals surface area (Å²) in [7, 11) is 0. The topological polar surface area (TPSA) is 65.2 Å². The van der Waals surface area contributed by atoms with Gasteiger partial charge >= 0.3 is 0 Å². The molecule has 0 saturated heterocycles. The van der Waals surface area contributed by atoms with Gasteiger partial charge in [-0.15, -0.1) is 0 Å². The number of hydrogen-bond donors (Lipinski definition) is 2. The molecule has 0 radical (unpaired) electrons. The normalized spacial score (nSPS) is 14.0. The maximum atomic E-state index is 8.22. The van der Waals surface area contributed by atoms with Gasteiger partial charge in [-0.25, -0.2) is 0 Å². The third-order valence-electron chi connectivity index (χ3n) is 0.782. The first kappa shape index (κ1) is 8.67. The first-order valence-corrected chi connectivity index (χ1v) is 3.43. The molecule has 0 aromatic heterocycles. The van der Waals surface area contributed by atoms with E-state index < -0.39 is 0 Å². The summed E-state index contributed by atoms with van der Waals surface area (Å²) in [5, 5.41) is 22.1. The van der Waals surface area contributed by atoms with E-state index in [1.54, 1.807) is 29.5 Å². The van der Waals surface area contributed by atoms with Crippen LogP contribution in [0.4, 0.5) is 0 Å². The summed E-state index contributed by atoms with van der Waals surface area (Å²) in [6, 6.07) is 0. The Kier molecular flexibility index (Phi) is 4.37. The molecule has 0 atom stereocenters. The molecule has 0 spiro atoms. The smallest absolute Gasteiger partial charge is 0.165 e. The molecular formula is C4H7IN2O2. The van der Waals surface area contributed by atoms with E-state index in [2.05, 4.69) is 10.3 Å². The van der Waals surface area contributed by atoms with Crippen LogP contribution in [0.15, 0.2) is 10.3 Å². The lowest BCUT2D eigenvalue weighted by molar-refractivity contribution is 0.314. The molecule has 4 nitrogen and oxygen atoms in total. The van der Waals surface area contributed by atoms with Crippen LogP contribution in [0.25, 0.3) is 0 Å². The fraction of sp³-hybridized carbons (Fsp3) is 0.500. The minimum Gasteiger partial charge on any atom is -0.411 e. The van der Waals surface area contributed by atoms with Crippen LogP contribution >= 0.6 is 22.6 Å². The van der Waals surface area contributed by atoms with Gasteiger partial charge in [-0.05, 0) is 29.0 Å². The van der Waals surface area contributed by atoms with E-state index in [0.717, 1.165) is 0 Å². The van der Waals surface area contributed by atoms with Gasteiger partial charge in [0, 0.05) is 0 Å². The number of rotatable bonds is 2. The third kappa shape index (κ3) is 2.64.